The molecule has 0 bridgehead atoms. The maximum absolute atomic E-state index is 12.5. The van der Waals surface area contributed by atoms with Crippen LogP contribution in [0.2, 0.25) is 0 Å². The average Bonchev–Trinajstić information content (AvgIpc) is 3.19. The second-order valence-electron chi connectivity index (χ2n) is 6.70. The molecule has 1 amide bonds. The standard InChI is InChI=1S/C20H15F3N4O3S2/c21-20(22,23)30-14-5-3-13(4-6-14)24-18-26-27-19(32-18)31-10-16(28)12-1-7-15-11(9-12)2-8-17(29)25-15/h1,3-7,9H,2,8,10H2,(H,24,26)(H,25,29). The first-order valence-electron chi connectivity index (χ1n) is 9.30. The summed E-state index contributed by atoms with van der Waals surface area (Å²) < 4.78 is 41.1. The Morgan fingerprint density at radius 2 is 1.94 bits per heavy atom. The largest absolute Gasteiger partial charge is 0.573 e. The van der Waals surface area contributed by atoms with Gasteiger partial charge in [0.1, 0.15) is 5.75 Å². The molecule has 0 fully saturated rings. The summed E-state index contributed by atoms with van der Waals surface area (Å²) in [5, 5.41) is 14.2. The van der Waals surface area contributed by atoms with Crippen molar-refractivity contribution in [3.63, 3.8) is 0 Å². The zero-order chi connectivity index (χ0) is 22.7. The fourth-order valence-corrected chi connectivity index (χ4v) is 4.62. The zero-order valence-electron chi connectivity index (χ0n) is 16.2. The van der Waals surface area contributed by atoms with E-state index in [9.17, 15) is 22.8 Å². The highest BCUT2D eigenvalue weighted by Gasteiger charge is 2.31. The molecule has 32 heavy (non-hydrogen) atoms. The number of carbonyl (C=O) groups excluding carboxylic acids is 2. The normalized spacial score (nSPS) is 13.3. The van der Waals surface area contributed by atoms with Crippen molar-refractivity contribution in [3.05, 3.63) is 53.6 Å². The lowest BCUT2D eigenvalue weighted by molar-refractivity contribution is -0.274. The number of aryl methyl sites for hydroxylation is 1. The SMILES string of the molecule is O=C1CCc2cc(C(=O)CSc3nnc(Nc4ccc(OC(F)(F)F)cc4)s3)ccc2N1. The lowest BCUT2D eigenvalue weighted by Gasteiger charge is -2.17. The number of nitrogens with zero attached hydrogens (tertiary/aromatic N) is 2. The Balaban J connectivity index is 1.32. The van der Waals surface area contributed by atoms with E-state index in [1.165, 1.54) is 47.4 Å². The summed E-state index contributed by atoms with van der Waals surface area (Å²) in [5.74, 6) is -0.249. The van der Waals surface area contributed by atoms with Gasteiger partial charge in [0.15, 0.2) is 10.1 Å². The molecular formula is C20H15F3N4O3S2. The van der Waals surface area contributed by atoms with Crippen molar-refractivity contribution in [1.29, 1.82) is 0 Å². The summed E-state index contributed by atoms with van der Waals surface area (Å²) in [6.07, 6.45) is -3.74. The molecule has 1 aliphatic heterocycles. The molecule has 2 N–H and O–H groups in total. The van der Waals surface area contributed by atoms with E-state index >= 15 is 0 Å². The van der Waals surface area contributed by atoms with E-state index in [1.807, 2.05) is 0 Å². The summed E-state index contributed by atoms with van der Waals surface area (Å²) in [6, 6.07) is 10.5. The van der Waals surface area contributed by atoms with Crippen molar-refractivity contribution in [3.8, 4) is 5.75 Å². The number of hydrogen-bond acceptors (Lipinski definition) is 8. The van der Waals surface area contributed by atoms with Crippen molar-refractivity contribution < 1.29 is 27.5 Å². The molecule has 12 heteroatoms. The number of fused-ring (bicyclic) bond motifs is 1. The topological polar surface area (TPSA) is 93.2 Å². The Hall–Kier alpha value is -3.12. The highest BCUT2D eigenvalue weighted by molar-refractivity contribution is 8.01. The van der Waals surface area contributed by atoms with Gasteiger partial charge in [-0.1, -0.05) is 23.1 Å². The van der Waals surface area contributed by atoms with E-state index in [0.717, 1.165) is 11.3 Å². The van der Waals surface area contributed by atoms with Crippen LogP contribution >= 0.6 is 23.1 Å². The summed E-state index contributed by atoms with van der Waals surface area (Å²) in [6.45, 7) is 0. The Morgan fingerprint density at radius 1 is 1.16 bits per heavy atom. The minimum absolute atomic E-state index is 0.0293. The van der Waals surface area contributed by atoms with Gasteiger partial charge in [0.25, 0.3) is 0 Å². The van der Waals surface area contributed by atoms with Crippen molar-refractivity contribution in [2.75, 3.05) is 16.4 Å². The molecule has 0 spiro atoms. The van der Waals surface area contributed by atoms with Gasteiger partial charge < -0.3 is 15.4 Å². The van der Waals surface area contributed by atoms with Crippen molar-refractivity contribution in [1.82, 2.24) is 10.2 Å². The van der Waals surface area contributed by atoms with Gasteiger partial charge in [0.05, 0.1) is 5.75 Å². The van der Waals surface area contributed by atoms with Crippen molar-refractivity contribution in [2.24, 2.45) is 0 Å². The number of rotatable bonds is 7. The van der Waals surface area contributed by atoms with Crippen LogP contribution in [0.15, 0.2) is 46.8 Å². The maximum Gasteiger partial charge on any atom is 0.573 e. The van der Waals surface area contributed by atoms with E-state index in [2.05, 4.69) is 25.6 Å². The Bertz CT molecular complexity index is 1150. The number of halogens is 3. The van der Waals surface area contributed by atoms with Crippen LogP contribution in [-0.4, -0.2) is 34.0 Å². The molecule has 4 rings (SSSR count). The third kappa shape index (κ3) is 5.77. The van der Waals surface area contributed by atoms with Gasteiger partial charge in [-0.15, -0.1) is 23.4 Å². The van der Waals surface area contributed by atoms with E-state index in [0.29, 0.717) is 33.6 Å². The van der Waals surface area contributed by atoms with E-state index in [4.69, 9.17) is 0 Å². The number of hydrogen-bond donors (Lipinski definition) is 2. The lowest BCUT2D eigenvalue weighted by atomic mass is 9.99. The van der Waals surface area contributed by atoms with Crippen LogP contribution in [-0.2, 0) is 11.2 Å². The van der Waals surface area contributed by atoms with Crippen LogP contribution in [0.1, 0.15) is 22.3 Å². The van der Waals surface area contributed by atoms with Crippen molar-refractivity contribution in [2.45, 2.75) is 23.5 Å². The van der Waals surface area contributed by atoms with Crippen LogP contribution < -0.4 is 15.4 Å². The molecule has 3 aromatic rings. The van der Waals surface area contributed by atoms with E-state index < -0.39 is 6.36 Å². The van der Waals surface area contributed by atoms with Gasteiger partial charge in [-0.05, 0) is 54.4 Å². The Morgan fingerprint density at radius 3 is 2.69 bits per heavy atom. The Labute approximate surface area is 188 Å². The minimum atomic E-state index is -4.74. The highest BCUT2D eigenvalue weighted by Crippen LogP contribution is 2.30. The summed E-state index contributed by atoms with van der Waals surface area (Å²) in [5.41, 5.74) is 2.76. The monoisotopic (exact) mass is 480 g/mol. The molecule has 0 atom stereocenters. The molecule has 1 aliphatic rings. The second-order valence-corrected chi connectivity index (χ2v) is 8.90. The first-order valence-corrected chi connectivity index (χ1v) is 11.1. The number of ether oxygens (including phenoxy) is 1. The number of benzene rings is 2. The Kier molecular flexibility index (Phi) is 6.33. The van der Waals surface area contributed by atoms with Gasteiger partial charge in [0, 0.05) is 23.4 Å². The molecule has 0 unspecified atom stereocenters. The summed E-state index contributed by atoms with van der Waals surface area (Å²) in [4.78, 5) is 24.0. The molecule has 2 aromatic carbocycles. The van der Waals surface area contributed by atoms with Gasteiger partial charge in [0.2, 0.25) is 11.0 Å². The molecule has 166 valence electrons. The molecular weight excluding hydrogens is 465 g/mol. The first kappa shape index (κ1) is 22.1. The quantitative estimate of drug-likeness (QED) is 0.361. The number of anilines is 3. The number of alkyl halides is 3. The number of aromatic nitrogens is 2. The molecule has 7 nitrogen and oxygen atoms in total. The van der Waals surface area contributed by atoms with Crippen LogP contribution in [0, 0.1) is 0 Å². The number of nitrogens with one attached hydrogen (secondary N) is 2. The molecule has 0 aliphatic carbocycles. The van der Waals surface area contributed by atoms with E-state index in [1.54, 1.807) is 18.2 Å². The number of amides is 1. The van der Waals surface area contributed by atoms with Crippen LogP contribution in [0.5, 0.6) is 5.75 Å². The van der Waals surface area contributed by atoms with Crippen molar-refractivity contribution >= 4 is 51.3 Å². The van der Waals surface area contributed by atoms with Gasteiger partial charge >= 0.3 is 6.36 Å². The second kappa shape index (κ2) is 9.17. The average molecular weight is 480 g/mol. The van der Waals surface area contributed by atoms with Gasteiger partial charge in [-0.2, -0.15) is 0 Å². The molecule has 2 heterocycles. The third-order valence-corrected chi connectivity index (χ3v) is 6.37. The van der Waals surface area contributed by atoms with Crippen LogP contribution in [0.3, 0.4) is 0 Å². The maximum atomic E-state index is 12.5. The third-order valence-electron chi connectivity index (χ3n) is 4.40. The summed E-state index contributed by atoms with van der Waals surface area (Å²) >= 11 is 2.46. The van der Waals surface area contributed by atoms with E-state index in [-0.39, 0.29) is 23.2 Å². The summed E-state index contributed by atoms with van der Waals surface area (Å²) in [7, 11) is 0. The molecule has 0 radical (unpaired) electrons. The smallest absolute Gasteiger partial charge is 0.406 e. The number of carbonyl (C=O) groups is 2. The predicted molar refractivity (Wildman–Crippen MR) is 115 cm³/mol. The first-order chi connectivity index (χ1) is 15.2. The van der Waals surface area contributed by atoms with Gasteiger partial charge in [-0.25, -0.2) is 0 Å². The molecule has 0 saturated heterocycles. The molecule has 0 saturated carbocycles. The fourth-order valence-electron chi connectivity index (χ4n) is 2.95. The lowest BCUT2D eigenvalue weighted by Crippen LogP contribution is -2.19. The van der Waals surface area contributed by atoms with Gasteiger partial charge in [-0.3, -0.25) is 9.59 Å². The minimum Gasteiger partial charge on any atom is -0.406 e. The molecule has 1 aromatic heterocycles. The highest BCUT2D eigenvalue weighted by atomic mass is 32.2. The fraction of sp³-hybridized carbons (Fsp3) is 0.200. The predicted octanol–water partition coefficient (Wildman–Crippen LogP) is 5.04. The van der Waals surface area contributed by atoms with Crippen LogP contribution in [0.4, 0.5) is 29.7 Å². The van der Waals surface area contributed by atoms with Crippen LogP contribution in [0.25, 0.3) is 0 Å². The zero-order valence-corrected chi connectivity index (χ0v) is 17.9. The number of thioether (sulfide) groups is 1. The number of Topliss-reactive ketones (excluding diaryl/α,β-unsaturated/α-hetero) is 1. The number of ketones is 1.